The van der Waals surface area contributed by atoms with Gasteiger partial charge in [0.15, 0.2) is 0 Å². The lowest BCUT2D eigenvalue weighted by Gasteiger charge is -2.18. The van der Waals surface area contributed by atoms with Gasteiger partial charge in [-0.25, -0.2) is 4.39 Å². The Bertz CT molecular complexity index is 701. The van der Waals surface area contributed by atoms with Gasteiger partial charge in [-0.05, 0) is 36.6 Å². The summed E-state index contributed by atoms with van der Waals surface area (Å²) in [7, 11) is 0. The molecule has 0 saturated heterocycles. The van der Waals surface area contributed by atoms with E-state index < -0.39 is 11.7 Å². The minimum absolute atomic E-state index is 0.0586. The van der Waals surface area contributed by atoms with Crippen molar-refractivity contribution in [2.75, 3.05) is 0 Å². The monoisotopic (exact) mass is 303 g/mol. The molecule has 1 aliphatic carbocycles. The molecule has 1 N–H and O–H groups in total. The zero-order valence-electron chi connectivity index (χ0n) is 11.6. The van der Waals surface area contributed by atoms with Crippen LogP contribution in [0.25, 0.3) is 0 Å². The van der Waals surface area contributed by atoms with Crippen LogP contribution in [0.4, 0.5) is 4.39 Å². The van der Waals surface area contributed by atoms with Crippen molar-refractivity contribution < 1.29 is 9.18 Å². The molecule has 0 heterocycles. The number of benzene rings is 2. The lowest BCUT2D eigenvalue weighted by molar-refractivity contribution is 0.0933. The molecule has 0 aliphatic heterocycles. The highest BCUT2D eigenvalue weighted by atomic mass is 35.5. The first kappa shape index (κ1) is 14.1. The van der Waals surface area contributed by atoms with E-state index in [2.05, 4.69) is 5.32 Å². The Labute approximate surface area is 127 Å². The van der Waals surface area contributed by atoms with E-state index in [-0.39, 0.29) is 17.0 Å². The first-order chi connectivity index (χ1) is 10.1. The number of amides is 1. The van der Waals surface area contributed by atoms with Crippen molar-refractivity contribution in [2.45, 2.75) is 24.8 Å². The molecule has 0 bridgehead atoms. The van der Waals surface area contributed by atoms with Gasteiger partial charge in [-0.3, -0.25) is 4.79 Å². The molecule has 0 spiro atoms. The SMILES string of the molecule is Cc1ccc(F)c(C(=O)NC2c3ccccc3CC2Cl)c1. The Morgan fingerprint density at radius 3 is 2.86 bits per heavy atom. The van der Waals surface area contributed by atoms with Crippen LogP contribution in [0, 0.1) is 12.7 Å². The maximum atomic E-state index is 13.8. The van der Waals surface area contributed by atoms with Crippen molar-refractivity contribution in [3.05, 3.63) is 70.5 Å². The molecule has 3 rings (SSSR count). The highest BCUT2D eigenvalue weighted by Gasteiger charge is 2.32. The molecule has 1 amide bonds. The Hall–Kier alpha value is -1.87. The summed E-state index contributed by atoms with van der Waals surface area (Å²) in [5.41, 5.74) is 3.05. The summed E-state index contributed by atoms with van der Waals surface area (Å²) in [6, 6.07) is 12.0. The summed E-state index contributed by atoms with van der Waals surface area (Å²) >= 11 is 6.34. The third-order valence-electron chi connectivity index (χ3n) is 3.82. The van der Waals surface area contributed by atoms with Crippen molar-refractivity contribution in [1.29, 1.82) is 0 Å². The molecule has 0 aromatic heterocycles. The number of alkyl halides is 1. The largest absolute Gasteiger partial charge is 0.344 e. The zero-order valence-corrected chi connectivity index (χ0v) is 12.3. The van der Waals surface area contributed by atoms with Crippen molar-refractivity contribution in [1.82, 2.24) is 5.32 Å². The van der Waals surface area contributed by atoms with Crippen LogP contribution in [0.3, 0.4) is 0 Å². The summed E-state index contributed by atoms with van der Waals surface area (Å²) in [6.45, 7) is 1.82. The van der Waals surface area contributed by atoms with Crippen LogP contribution in [-0.2, 0) is 6.42 Å². The molecular formula is C17H15ClFNO. The van der Waals surface area contributed by atoms with Crippen molar-refractivity contribution >= 4 is 17.5 Å². The van der Waals surface area contributed by atoms with Gasteiger partial charge in [0.2, 0.25) is 0 Å². The standard InChI is InChI=1S/C17H15ClFNO/c1-10-6-7-15(19)13(8-10)17(21)20-16-12-5-3-2-4-11(12)9-14(16)18/h2-8,14,16H,9H2,1H3,(H,20,21). The number of aryl methyl sites for hydroxylation is 1. The Kier molecular flexibility index (Phi) is 3.68. The summed E-state index contributed by atoms with van der Waals surface area (Å²) in [4.78, 5) is 12.3. The Balaban J connectivity index is 1.87. The topological polar surface area (TPSA) is 29.1 Å². The number of hydrogen-bond acceptors (Lipinski definition) is 1. The number of carbonyl (C=O) groups excluding carboxylic acids is 1. The van der Waals surface area contributed by atoms with Crippen LogP contribution in [0.5, 0.6) is 0 Å². The molecule has 2 unspecified atom stereocenters. The van der Waals surface area contributed by atoms with Crippen LogP contribution in [0.15, 0.2) is 42.5 Å². The summed E-state index contributed by atoms with van der Waals surface area (Å²) < 4.78 is 13.8. The minimum atomic E-state index is -0.518. The van der Waals surface area contributed by atoms with Gasteiger partial charge in [0.05, 0.1) is 17.0 Å². The molecule has 2 atom stereocenters. The van der Waals surface area contributed by atoms with E-state index in [4.69, 9.17) is 11.6 Å². The average Bonchev–Trinajstić information content (AvgIpc) is 2.78. The second-order valence-electron chi connectivity index (χ2n) is 5.35. The van der Waals surface area contributed by atoms with Gasteiger partial charge in [0.1, 0.15) is 5.82 Å². The number of nitrogens with one attached hydrogen (secondary N) is 1. The second-order valence-corrected chi connectivity index (χ2v) is 5.91. The first-order valence-corrected chi connectivity index (χ1v) is 7.29. The maximum absolute atomic E-state index is 13.8. The second kappa shape index (κ2) is 5.49. The molecule has 2 aromatic carbocycles. The van der Waals surface area contributed by atoms with Gasteiger partial charge in [0.25, 0.3) is 5.91 Å². The molecule has 2 aromatic rings. The summed E-state index contributed by atoms with van der Waals surface area (Å²) in [6.07, 6.45) is 0.707. The minimum Gasteiger partial charge on any atom is -0.344 e. The van der Waals surface area contributed by atoms with Gasteiger partial charge in [0, 0.05) is 0 Å². The quantitative estimate of drug-likeness (QED) is 0.841. The van der Waals surface area contributed by atoms with E-state index in [1.165, 1.54) is 6.07 Å². The van der Waals surface area contributed by atoms with Crippen LogP contribution in [0.1, 0.15) is 33.1 Å². The van der Waals surface area contributed by atoms with Crippen molar-refractivity contribution in [3.63, 3.8) is 0 Å². The molecule has 21 heavy (non-hydrogen) atoms. The van der Waals surface area contributed by atoms with Gasteiger partial charge in [-0.2, -0.15) is 0 Å². The van der Waals surface area contributed by atoms with Crippen LogP contribution >= 0.6 is 11.6 Å². The van der Waals surface area contributed by atoms with Crippen molar-refractivity contribution in [3.8, 4) is 0 Å². The summed E-state index contributed by atoms with van der Waals surface area (Å²) in [5, 5.41) is 2.65. The van der Waals surface area contributed by atoms with Gasteiger partial charge in [-0.1, -0.05) is 35.9 Å². The highest BCUT2D eigenvalue weighted by molar-refractivity contribution is 6.21. The smallest absolute Gasteiger partial charge is 0.254 e. The van der Waals surface area contributed by atoms with E-state index >= 15 is 0 Å². The number of halogens is 2. The Morgan fingerprint density at radius 1 is 1.29 bits per heavy atom. The molecule has 2 nitrogen and oxygen atoms in total. The predicted molar refractivity (Wildman–Crippen MR) is 81.1 cm³/mol. The van der Waals surface area contributed by atoms with E-state index in [1.54, 1.807) is 12.1 Å². The number of fused-ring (bicyclic) bond motifs is 1. The molecule has 0 radical (unpaired) electrons. The Morgan fingerprint density at radius 2 is 2.05 bits per heavy atom. The van der Waals surface area contributed by atoms with Crippen LogP contribution < -0.4 is 5.32 Å². The van der Waals surface area contributed by atoms with Crippen LogP contribution in [-0.4, -0.2) is 11.3 Å². The molecule has 108 valence electrons. The van der Waals surface area contributed by atoms with E-state index in [9.17, 15) is 9.18 Å². The number of rotatable bonds is 2. The number of hydrogen-bond donors (Lipinski definition) is 1. The van der Waals surface area contributed by atoms with E-state index in [1.807, 2.05) is 31.2 Å². The molecule has 4 heteroatoms. The third kappa shape index (κ3) is 2.66. The predicted octanol–water partition coefficient (Wildman–Crippen LogP) is 3.77. The van der Waals surface area contributed by atoms with E-state index in [0.717, 1.165) is 16.7 Å². The van der Waals surface area contributed by atoms with Crippen LogP contribution in [0.2, 0.25) is 0 Å². The zero-order chi connectivity index (χ0) is 15.0. The maximum Gasteiger partial charge on any atom is 0.254 e. The molecule has 0 fully saturated rings. The van der Waals surface area contributed by atoms with Gasteiger partial charge < -0.3 is 5.32 Å². The fourth-order valence-electron chi connectivity index (χ4n) is 2.75. The fourth-order valence-corrected chi connectivity index (χ4v) is 3.11. The average molecular weight is 304 g/mol. The van der Waals surface area contributed by atoms with E-state index in [0.29, 0.717) is 6.42 Å². The lowest BCUT2D eigenvalue weighted by atomic mass is 10.1. The number of carbonyl (C=O) groups is 1. The van der Waals surface area contributed by atoms with Gasteiger partial charge >= 0.3 is 0 Å². The lowest BCUT2D eigenvalue weighted by Crippen LogP contribution is -2.32. The highest BCUT2D eigenvalue weighted by Crippen LogP contribution is 2.34. The summed E-state index contributed by atoms with van der Waals surface area (Å²) in [5.74, 6) is -0.945. The fraction of sp³-hybridized carbons (Fsp3) is 0.235. The molecular weight excluding hydrogens is 289 g/mol. The molecule has 0 saturated carbocycles. The third-order valence-corrected chi connectivity index (χ3v) is 4.23. The molecule has 1 aliphatic rings. The normalized spacial score (nSPS) is 20.1. The first-order valence-electron chi connectivity index (χ1n) is 6.85. The van der Waals surface area contributed by atoms with Gasteiger partial charge in [-0.15, -0.1) is 11.6 Å². The van der Waals surface area contributed by atoms with Crippen molar-refractivity contribution in [2.24, 2.45) is 0 Å².